The van der Waals surface area contributed by atoms with Crippen LogP contribution in [0.15, 0.2) is 48.7 Å². The van der Waals surface area contributed by atoms with E-state index < -0.39 is 0 Å². The summed E-state index contributed by atoms with van der Waals surface area (Å²) in [6.07, 6.45) is 1.74. The topological polar surface area (TPSA) is 56.8 Å². The Morgan fingerprint density at radius 3 is 2.32 bits per heavy atom. The number of carbonyl (C=O) groups excluding carboxylic acids is 2. The normalized spacial score (nSPS) is 14.3. The maximum absolute atomic E-state index is 12.8. The summed E-state index contributed by atoms with van der Waals surface area (Å²) in [5.41, 5.74) is 2.42. The highest BCUT2D eigenvalue weighted by Crippen LogP contribution is 2.19. The molecule has 1 aromatic carbocycles. The van der Waals surface area contributed by atoms with Gasteiger partial charge < -0.3 is 14.7 Å². The summed E-state index contributed by atoms with van der Waals surface area (Å²) in [6, 6.07) is 13.2. The zero-order valence-corrected chi connectivity index (χ0v) is 14.6. The van der Waals surface area contributed by atoms with Crippen LogP contribution in [0.1, 0.15) is 10.4 Å². The highest BCUT2D eigenvalue weighted by atomic mass is 16.2. The minimum absolute atomic E-state index is 0.00488. The van der Waals surface area contributed by atoms with Gasteiger partial charge >= 0.3 is 6.03 Å². The lowest BCUT2D eigenvalue weighted by molar-refractivity contribution is 0.0650. The molecule has 1 fully saturated rings. The van der Waals surface area contributed by atoms with E-state index in [2.05, 4.69) is 4.98 Å². The zero-order valence-electron chi connectivity index (χ0n) is 14.6. The van der Waals surface area contributed by atoms with Gasteiger partial charge in [-0.25, -0.2) is 4.79 Å². The van der Waals surface area contributed by atoms with E-state index >= 15 is 0 Å². The predicted molar refractivity (Wildman–Crippen MR) is 96.2 cm³/mol. The molecule has 0 radical (unpaired) electrons. The van der Waals surface area contributed by atoms with Crippen LogP contribution in [-0.2, 0) is 0 Å². The molecule has 0 N–H and O–H groups in total. The summed E-state index contributed by atoms with van der Waals surface area (Å²) < 4.78 is 0. The first-order valence-electron chi connectivity index (χ1n) is 8.33. The highest BCUT2D eigenvalue weighted by molar-refractivity contribution is 5.95. The second kappa shape index (κ2) is 7.34. The lowest BCUT2D eigenvalue weighted by Gasteiger charge is -2.36. The number of pyridine rings is 1. The van der Waals surface area contributed by atoms with Crippen molar-refractivity contribution in [1.82, 2.24) is 19.7 Å². The number of piperazine rings is 1. The van der Waals surface area contributed by atoms with Gasteiger partial charge in [0.15, 0.2) is 0 Å². The predicted octanol–water partition coefficient (Wildman–Crippen LogP) is 2.19. The third-order valence-corrected chi connectivity index (χ3v) is 4.29. The number of hydrogen-bond donors (Lipinski definition) is 0. The van der Waals surface area contributed by atoms with Gasteiger partial charge in [0, 0.05) is 57.6 Å². The third kappa shape index (κ3) is 3.79. The third-order valence-electron chi connectivity index (χ3n) is 4.29. The maximum Gasteiger partial charge on any atom is 0.319 e. The molecule has 6 nitrogen and oxygen atoms in total. The van der Waals surface area contributed by atoms with E-state index in [4.69, 9.17) is 0 Å². The van der Waals surface area contributed by atoms with Crippen molar-refractivity contribution >= 4 is 11.9 Å². The Bertz CT molecular complexity index is 753. The molecule has 3 rings (SSSR count). The van der Waals surface area contributed by atoms with Crippen LogP contribution in [0, 0.1) is 0 Å². The molecule has 130 valence electrons. The largest absolute Gasteiger partial charge is 0.335 e. The smallest absolute Gasteiger partial charge is 0.319 e. The van der Waals surface area contributed by atoms with Crippen LogP contribution < -0.4 is 0 Å². The average molecular weight is 338 g/mol. The number of carbonyl (C=O) groups is 2. The van der Waals surface area contributed by atoms with Crippen LogP contribution in [0.3, 0.4) is 0 Å². The Labute approximate surface area is 147 Å². The number of benzene rings is 1. The molecule has 25 heavy (non-hydrogen) atoms. The molecule has 0 spiro atoms. The monoisotopic (exact) mass is 338 g/mol. The van der Waals surface area contributed by atoms with Crippen molar-refractivity contribution in [1.29, 1.82) is 0 Å². The van der Waals surface area contributed by atoms with Crippen molar-refractivity contribution in [2.24, 2.45) is 0 Å². The van der Waals surface area contributed by atoms with E-state index in [-0.39, 0.29) is 11.9 Å². The molecule has 0 unspecified atom stereocenters. The fourth-order valence-electron chi connectivity index (χ4n) is 2.91. The summed E-state index contributed by atoms with van der Waals surface area (Å²) in [7, 11) is 3.48. The van der Waals surface area contributed by atoms with Crippen LogP contribution in [-0.4, -0.2) is 71.9 Å². The van der Waals surface area contributed by atoms with Crippen molar-refractivity contribution < 1.29 is 9.59 Å². The van der Waals surface area contributed by atoms with Crippen LogP contribution in [0.25, 0.3) is 11.3 Å². The molecular formula is C19H22N4O2. The summed E-state index contributed by atoms with van der Waals surface area (Å²) in [6.45, 7) is 2.21. The van der Waals surface area contributed by atoms with Crippen LogP contribution >= 0.6 is 0 Å². The minimum Gasteiger partial charge on any atom is -0.335 e. The summed E-state index contributed by atoms with van der Waals surface area (Å²) in [5, 5.41) is 0. The van der Waals surface area contributed by atoms with Gasteiger partial charge in [-0.3, -0.25) is 9.78 Å². The van der Waals surface area contributed by atoms with Crippen molar-refractivity contribution in [2.75, 3.05) is 40.3 Å². The lowest BCUT2D eigenvalue weighted by atomic mass is 10.1. The van der Waals surface area contributed by atoms with E-state index in [9.17, 15) is 9.59 Å². The minimum atomic E-state index is -0.00996. The maximum atomic E-state index is 12.8. The van der Waals surface area contributed by atoms with Gasteiger partial charge in [-0.15, -0.1) is 0 Å². The first kappa shape index (κ1) is 17.0. The van der Waals surface area contributed by atoms with E-state index in [0.717, 1.165) is 11.3 Å². The fraction of sp³-hybridized carbons (Fsp3) is 0.316. The number of urea groups is 1. The SMILES string of the molecule is CN(C)C(=O)N1CCN(C(=O)c2cccc(-c3ccccn3)c2)CC1. The Morgan fingerprint density at radius 1 is 0.960 bits per heavy atom. The van der Waals surface area contributed by atoms with Crippen LogP contribution in [0.4, 0.5) is 4.79 Å². The van der Waals surface area contributed by atoms with Gasteiger partial charge in [0.2, 0.25) is 0 Å². The van der Waals surface area contributed by atoms with E-state index in [0.29, 0.717) is 31.7 Å². The molecule has 2 aromatic rings. The van der Waals surface area contributed by atoms with E-state index in [1.807, 2.05) is 42.5 Å². The second-order valence-corrected chi connectivity index (χ2v) is 6.25. The molecule has 2 heterocycles. The zero-order chi connectivity index (χ0) is 17.8. The van der Waals surface area contributed by atoms with Crippen molar-refractivity contribution in [3.8, 4) is 11.3 Å². The quantitative estimate of drug-likeness (QED) is 0.843. The Balaban J connectivity index is 1.69. The number of nitrogens with zero attached hydrogens (tertiary/aromatic N) is 4. The highest BCUT2D eigenvalue weighted by Gasteiger charge is 2.25. The first-order chi connectivity index (χ1) is 12.1. The van der Waals surface area contributed by atoms with Crippen molar-refractivity contribution in [3.05, 3.63) is 54.2 Å². The number of rotatable bonds is 2. The van der Waals surface area contributed by atoms with Gasteiger partial charge in [0.1, 0.15) is 0 Å². The molecule has 1 aliphatic heterocycles. The van der Waals surface area contributed by atoms with E-state index in [1.54, 1.807) is 35.0 Å². The van der Waals surface area contributed by atoms with Gasteiger partial charge in [-0.05, 0) is 24.3 Å². The number of aromatic nitrogens is 1. The number of amides is 3. The molecule has 0 aliphatic carbocycles. The van der Waals surface area contributed by atoms with Gasteiger partial charge in [-0.1, -0.05) is 18.2 Å². The molecule has 3 amide bonds. The van der Waals surface area contributed by atoms with Gasteiger partial charge in [0.05, 0.1) is 5.69 Å². The van der Waals surface area contributed by atoms with Gasteiger partial charge in [-0.2, -0.15) is 0 Å². The molecule has 1 saturated heterocycles. The second-order valence-electron chi connectivity index (χ2n) is 6.25. The van der Waals surface area contributed by atoms with Crippen molar-refractivity contribution in [2.45, 2.75) is 0 Å². The van der Waals surface area contributed by atoms with Gasteiger partial charge in [0.25, 0.3) is 5.91 Å². The summed E-state index contributed by atoms with van der Waals surface area (Å²) >= 11 is 0. The van der Waals surface area contributed by atoms with E-state index in [1.165, 1.54) is 0 Å². The Kier molecular flexibility index (Phi) is 4.97. The first-order valence-corrected chi connectivity index (χ1v) is 8.33. The Morgan fingerprint density at radius 2 is 1.68 bits per heavy atom. The number of hydrogen-bond acceptors (Lipinski definition) is 3. The van der Waals surface area contributed by atoms with Crippen LogP contribution in [0.2, 0.25) is 0 Å². The lowest BCUT2D eigenvalue weighted by Crippen LogP contribution is -2.52. The molecule has 6 heteroatoms. The average Bonchev–Trinajstić information content (AvgIpc) is 2.67. The van der Waals surface area contributed by atoms with Crippen LogP contribution in [0.5, 0.6) is 0 Å². The molecule has 1 aromatic heterocycles. The van der Waals surface area contributed by atoms with Crippen molar-refractivity contribution in [3.63, 3.8) is 0 Å². The molecule has 0 saturated carbocycles. The standard InChI is InChI=1S/C19H22N4O2/c1-21(2)19(25)23-12-10-22(11-13-23)18(24)16-7-5-6-15(14-16)17-8-3-4-9-20-17/h3-9,14H,10-13H2,1-2H3. The molecule has 1 aliphatic rings. The summed E-state index contributed by atoms with van der Waals surface area (Å²) in [5.74, 6) is -0.00488. The molecule has 0 atom stereocenters. The fourth-order valence-corrected chi connectivity index (χ4v) is 2.91. The summed E-state index contributed by atoms with van der Waals surface area (Å²) in [4.78, 5) is 34.2. The molecular weight excluding hydrogens is 316 g/mol. The molecule has 0 bridgehead atoms. The Hall–Kier alpha value is -2.89.